The summed E-state index contributed by atoms with van der Waals surface area (Å²) in [6.07, 6.45) is 3.29. The van der Waals surface area contributed by atoms with Gasteiger partial charge in [0.2, 0.25) is 5.91 Å². The smallest absolute Gasteiger partial charge is 0.312 e. The normalized spacial score (nSPS) is 12.0. The zero-order valence-corrected chi connectivity index (χ0v) is 14.0. The molecule has 124 valence electrons. The van der Waals surface area contributed by atoms with E-state index in [0.717, 1.165) is 4.88 Å². The van der Waals surface area contributed by atoms with Crippen molar-refractivity contribution in [2.24, 2.45) is 5.73 Å². The van der Waals surface area contributed by atoms with Crippen LogP contribution in [0.5, 0.6) is 0 Å². The van der Waals surface area contributed by atoms with E-state index in [9.17, 15) is 9.59 Å². The van der Waals surface area contributed by atoms with Gasteiger partial charge in [-0.15, -0.1) is 11.3 Å². The molecular formula is C15H14ClN5O2S. The second-order valence-corrected chi connectivity index (χ2v) is 6.42. The summed E-state index contributed by atoms with van der Waals surface area (Å²) in [6.45, 7) is 0. The highest BCUT2D eigenvalue weighted by Gasteiger charge is 2.18. The molecule has 3 rings (SSSR count). The SMILES string of the molecule is NC(=O)N[C@@H](CC(=O)Nc1ccc2ncc(Cl)n2c1)c1cccs1. The molecule has 0 fully saturated rings. The Hall–Kier alpha value is -2.58. The molecule has 9 heteroatoms. The number of anilines is 1. The van der Waals surface area contributed by atoms with Crippen molar-refractivity contribution in [3.8, 4) is 0 Å². The number of carbonyl (C=O) groups is 2. The maximum absolute atomic E-state index is 12.3. The second-order valence-electron chi connectivity index (χ2n) is 5.06. The summed E-state index contributed by atoms with van der Waals surface area (Å²) in [4.78, 5) is 28.4. The highest BCUT2D eigenvalue weighted by molar-refractivity contribution is 7.10. The molecule has 0 spiro atoms. The predicted octanol–water partition coefficient (Wildman–Crippen LogP) is 2.79. The zero-order valence-electron chi connectivity index (χ0n) is 12.4. The Balaban J connectivity index is 1.72. The number of urea groups is 1. The van der Waals surface area contributed by atoms with Gasteiger partial charge < -0.3 is 16.4 Å². The van der Waals surface area contributed by atoms with Crippen molar-refractivity contribution in [1.82, 2.24) is 14.7 Å². The quantitative estimate of drug-likeness (QED) is 0.649. The molecule has 1 atom stereocenters. The van der Waals surface area contributed by atoms with Crippen molar-refractivity contribution in [2.75, 3.05) is 5.32 Å². The van der Waals surface area contributed by atoms with E-state index in [1.165, 1.54) is 17.5 Å². The highest BCUT2D eigenvalue weighted by atomic mass is 35.5. The molecule has 7 nitrogen and oxygen atoms in total. The minimum Gasteiger partial charge on any atom is -0.352 e. The van der Waals surface area contributed by atoms with Gasteiger partial charge in [-0.05, 0) is 23.6 Å². The zero-order chi connectivity index (χ0) is 17.1. The number of nitrogens with one attached hydrogen (secondary N) is 2. The van der Waals surface area contributed by atoms with E-state index in [1.54, 1.807) is 22.7 Å². The first-order valence-electron chi connectivity index (χ1n) is 7.05. The molecule has 0 bridgehead atoms. The van der Waals surface area contributed by atoms with Crippen molar-refractivity contribution < 1.29 is 9.59 Å². The summed E-state index contributed by atoms with van der Waals surface area (Å²) >= 11 is 7.46. The molecule has 0 aliphatic carbocycles. The number of thiophene rings is 1. The summed E-state index contributed by atoms with van der Waals surface area (Å²) in [5.41, 5.74) is 6.46. The minimum absolute atomic E-state index is 0.0686. The number of nitrogens with zero attached hydrogens (tertiary/aromatic N) is 2. The largest absolute Gasteiger partial charge is 0.352 e. The number of imidazole rings is 1. The minimum atomic E-state index is -0.673. The van der Waals surface area contributed by atoms with Crippen LogP contribution >= 0.6 is 22.9 Å². The molecule has 0 radical (unpaired) electrons. The first kappa shape index (κ1) is 16.3. The summed E-state index contributed by atoms with van der Waals surface area (Å²) in [7, 11) is 0. The summed E-state index contributed by atoms with van der Waals surface area (Å²) in [6, 6.07) is 6.03. The molecule has 0 aliphatic heterocycles. The lowest BCUT2D eigenvalue weighted by Crippen LogP contribution is -2.34. The van der Waals surface area contributed by atoms with Gasteiger partial charge in [-0.2, -0.15) is 0 Å². The molecule has 3 heterocycles. The topological polar surface area (TPSA) is 102 Å². The van der Waals surface area contributed by atoms with Gasteiger partial charge >= 0.3 is 6.03 Å². The first-order chi connectivity index (χ1) is 11.5. The molecule has 0 aliphatic rings. The average molecular weight is 364 g/mol. The van der Waals surface area contributed by atoms with Crippen molar-refractivity contribution >= 4 is 46.2 Å². The van der Waals surface area contributed by atoms with Crippen molar-refractivity contribution in [3.05, 3.63) is 52.1 Å². The third kappa shape index (κ3) is 3.66. The number of halogens is 1. The fraction of sp³-hybridized carbons (Fsp3) is 0.133. The van der Waals surface area contributed by atoms with Crippen molar-refractivity contribution in [2.45, 2.75) is 12.5 Å². The Labute approximate surface area is 146 Å². The van der Waals surface area contributed by atoms with E-state index >= 15 is 0 Å². The predicted molar refractivity (Wildman–Crippen MR) is 93.2 cm³/mol. The summed E-state index contributed by atoms with van der Waals surface area (Å²) < 4.78 is 1.66. The Morgan fingerprint density at radius 2 is 2.21 bits per heavy atom. The van der Waals surface area contributed by atoms with E-state index in [1.807, 2.05) is 17.5 Å². The Morgan fingerprint density at radius 1 is 1.38 bits per heavy atom. The average Bonchev–Trinajstić information content (AvgIpc) is 3.17. The van der Waals surface area contributed by atoms with Crippen LogP contribution < -0.4 is 16.4 Å². The molecule has 4 N–H and O–H groups in total. The van der Waals surface area contributed by atoms with Crippen LogP contribution in [-0.4, -0.2) is 21.3 Å². The fourth-order valence-electron chi connectivity index (χ4n) is 2.31. The maximum Gasteiger partial charge on any atom is 0.312 e. The van der Waals surface area contributed by atoms with Gasteiger partial charge in [0.05, 0.1) is 24.3 Å². The van der Waals surface area contributed by atoms with Gasteiger partial charge in [0.25, 0.3) is 0 Å². The van der Waals surface area contributed by atoms with Crippen LogP contribution in [-0.2, 0) is 4.79 Å². The maximum atomic E-state index is 12.3. The molecule has 3 aromatic rings. The van der Waals surface area contributed by atoms with Gasteiger partial charge in [-0.25, -0.2) is 9.78 Å². The lowest BCUT2D eigenvalue weighted by atomic mass is 10.1. The van der Waals surface area contributed by atoms with Crippen LogP contribution in [0.15, 0.2) is 42.0 Å². The number of hydrogen-bond acceptors (Lipinski definition) is 4. The number of nitrogens with two attached hydrogens (primary N) is 1. The molecule has 0 saturated carbocycles. The van der Waals surface area contributed by atoms with Crippen LogP contribution in [0.25, 0.3) is 5.65 Å². The van der Waals surface area contributed by atoms with Gasteiger partial charge in [0.15, 0.2) is 0 Å². The van der Waals surface area contributed by atoms with Gasteiger partial charge in [0, 0.05) is 11.1 Å². The lowest BCUT2D eigenvalue weighted by Gasteiger charge is -2.16. The van der Waals surface area contributed by atoms with Crippen LogP contribution in [0.1, 0.15) is 17.3 Å². The Kier molecular flexibility index (Phi) is 4.68. The molecule has 0 unspecified atom stereocenters. The van der Waals surface area contributed by atoms with Crippen LogP contribution in [0.3, 0.4) is 0 Å². The number of hydrogen-bond donors (Lipinski definition) is 3. The van der Waals surface area contributed by atoms with Gasteiger partial charge in [0.1, 0.15) is 10.8 Å². The highest BCUT2D eigenvalue weighted by Crippen LogP contribution is 2.23. The summed E-state index contributed by atoms with van der Waals surface area (Å²) in [5.74, 6) is -0.252. The fourth-order valence-corrected chi connectivity index (χ4v) is 3.27. The van der Waals surface area contributed by atoms with Crippen LogP contribution in [0, 0.1) is 0 Å². The third-order valence-corrected chi connectivity index (χ3v) is 4.60. The van der Waals surface area contributed by atoms with Crippen LogP contribution in [0.4, 0.5) is 10.5 Å². The Bertz CT molecular complexity index is 877. The van der Waals surface area contributed by atoms with Gasteiger partial charge in [-0.3, -0.25) is 9.20 Å². The second kappa shape index (κ2) is 6.90. The van der Waals surface area contributed by atoms with E-state index in [4.69, 9.17) is 17.3 Å². The van der Waals surface area contributed by atoms with E-state index in [-0.39, 0.29) is 12.3 Å². The number of rotatable bonds is 5. The number of fused-ring (bicyclic) bond motifs is 1. The molecular weight excluding hydrogens is 350 g/mol. The molecule has 3 aromatic heterocycles. The number of aromatic nitrogens is 2. The molecule has 0 aromatic carbocycles. The number of primary amides is 1. The van der Waals surface area contributed by atoms with Crippen molar-refractivity contribution in [1.29, 1.82) is 0 Å². The van der Waals surface area contributed by atoms with E-state index in [2.05, 4.69) is 15.6 Å². The molecule has 0 saturated heterocycles. The Morgan fingerprint density at radius 3 is 2.92 bits per heavy atom. The monoisotopic (exact) mass is 363 g/mol. The lowest BCUT2D eigenvalue weighted by molar-refractivity contribution is -0.116. The van der Waals surface area contributed by atoms with Crippen LogP contribution in [0.2, 0.25) is 5.15 Å². The number of carbonyl (C=O) groups excluding carboxylic acids is 2. The third-order valence-electron chi connectivity index (χ3n) is 3.34. The summed E-state index contributed by atoms with van der Waals surface area (Å²) in [5, 5.41) is 7.69. The van der Waals surface area contributed by atoms with E-state index in [0.29, 0.717) is 16.5 Å². The molecule has 24 heavy (non-hydrogen) atoms. The molecule has 3 amide bonds. The first-order valence-corrected chi connectivity index (χ1v) is 8.30. The number of amides is 3. The standard InChI is InChI=1S/C15H14ClN5O2S/c16-12-7-18-13-4-3-9(8-21(12)13)19-14(22)6-10(20-15(17)23)11-2-1-5-24-11/h1-5,7-8,10H,6H2,(H,19,22)(H3,17,20,23)/t10-/m0/s1. The van der Waals surface area contributed by atoms with E-state index < -0.39 is 12.1 Å². The number of pyridine rings is 1. The van der Waals surface area contributed by atoms with Crippen molar-refractivity contribution in [3.63, 3.8) is 0 Å². The van der Waals surface area contributed by atoms with Gasteiger partial charge in [-0.1, -0.05) is 17.7 Å².